The van der Waals surface area contributed by atoms with E-state index in [0.717, 1.165) is 0 Å². The van der Waals surface area contributed by atoms with Crippen LogP contribution in [0, 0.1) is 0 Å². The first-order valence-electron chi connectivity index (χ1n) is 10.1. The number of nitrogens with zero attached hydrogens (tertiary/aromatic N) is 1. The number of anilines is 3. The lowest BCUT2D eigenvalue weighted by molar-refractivity contribution is -0.119. The number of para-hydroxylation sites is 1. The van der Waals surface area contributed by atoms with Crippen molar-refractivity contribution in [3.63, 3.8) is 0 Å². The van der Waals surface area contributed by atoms with Crippen LogP contribution in [-0.2, 0) is 14.3 Å². The molecule has 3 aromatic carbocycles. The molecular formula is C25H23N3O5. The molecule has 0 saturated carbocycles. The van der Waals surface area contributed by atoms with Gasteiger partial charge < -0.3 is 20.3 Å². The Balaban J connectivity index is 1.62. The first-order chi connectivity index (χ1) is 15.8. The number of nitrogens with one attached hydrogen (secondary N) is 2. The van der Waals surface area contributed by atoms with Crippen LogP contribution in [0.2, 0.25) is 0 Å². The number of carbonyl (C=O) groups is 4. The van der Waals surface area contributed by atoms with Crippen molar-refractivity contribution in [1.29, 1.82) is 0 Å². The molecule has 0 heterocycles. The third-order valence-electron chi connectivity index (χ3n) is 4.65. The lowest BCUT2D eigenvalue weighted by Crippen LogP contribution is -2.28. The molecule has 0 unspecified atom stereocenters. The standard InChI is InChI=1S/C25H23N3O5/c1-17(29)26-18-12-14-19(15-13-18)27-23(30)16-33-25(32)22-11-7-6-10-21(22)24(31)28(2)20-8-4-3-5-9-20/h3-15H,16H2,1-2H3,(H,26,29)(H,27,30). The number of amides is 3. The zero-order chi connectivity index (χ0) is 23.8. The van der Waals surface area contributed by atoms with E-state index in [2.05, 4.69) is 10.6 Å². The smallest absolute Gasteiger partial charge is 0.339 e. The fourth-order valence-corrected chi connectivity index (χ4v) is 3.04. The van der Waals surface area contributed by atoms with Gasteiger partial charge in [-0.05, 0) is 48.5 Å². The Morgan fingerprint density at radius 2 is 1.30 bits per heavy atom. The monoisotopic (exact) mass is 445 g/mol. The fraction of sp³-hybridized carbons (Fsp3) is 0.120. The molecule has 33 heavy (non-hydrogen) atoms. The lowest BCUT2D eigenvalue weighted by atomic mass is 10.1. The van der Waals surface area contributed by atoms with Crippen LogP contribution in [0.25, 0.3) is 0 Å². The molecule has 3 aromatic rings. The minimum atomic E-state index is -0.781. The maximum Gasteiger partial charge on any atom is 0.339 e. The molecule has 0 aromatic heterocycles. The van der Waals surface area contributed by atoms with Crippen molar-refractivity contribution >= 4 is 40.8 Å². The molecule has 8 nitrogen and oxygen atoms in total. The minimum Gasteiger partial charge on any atom is -0.452 e. The summed E-state index contributed by atoms with van der Waals surface area (Å²) in [4.78, 5) is 50.3. The summed E-state index contributed by atoms with van der Waals surface area (Å²) >= 11 is 0. The Bertz CT molecular complexity index is 1160. The van der Waals surface area contributed by atoms with E-state index in [1.807, 2.05) is 18.2 Å². The number of carbonyl (C=O) groups excluding carboxylic acids is 4. The number of ether oxygens (including phenoxy) is 1. The van der Waals surface area contributed by atoms with Gasteiger partial charge >= 0.3 is 5.97 Å². The maximum atomic E-state index is 13.0. The third-order valence-corrected chi connectivity index (χ3v) is 4.65. The SMILES string of the molecule is CC(=O)Nc1ccc(NC(=O)COC(=O)c2ccccc2C(=O)N(C)c2ccccc2)cc1. The predicted molar refractivity (Wildman–Crippen MR) is 125 cm³/mol. The first kappa shape index (κ1) is 23.2. The highest BCUT2D eigenvalue weighted by atomic mass is 16.5. The Hall–Kier alpha value is -4.46. The predicted octanol–water partition coefficient (Wildman–Crippen LogP) is 3.72. The van der Waals surface area contributed by atoms with Gasteiger partial charge in [-0.1, -0.05) is 30.3 Å². The minimum absolute atomic E-state index is 0.0674. The third kappa shape index (κ3) is 6.27. The molecule has 3 rings (SSSR count). The largest absolute Gasteiger partial charge is 0.452 e. The molecule has 3 amide bonds. The molecule has 0 bridgehead atoms. The van der Waals surface area contributed by atoms with Crippen molar-refractivity contribution < 1.29 is 23.9 Å². The van der Waals surface area contributed by atoms with Gasteiger partial charge in [0.1, 0.15) is 0 Å². The highest BCUT2D eigenvalue weighted by molar-refractivity contribution is 6.12. The Morgan fingerprint density at radius 3 is 1.91 bits per heavy atom. The van der Waals surface area contributed by atoms with Gasteiger partial charge in [0.15, 0.2) is 6.61 Å². The fourth-order valence-electron chi connectivity index (χ4n) is 3.04. The molecule has 168 valence electrons. The molecule has 0 aliphatic carbocycles. The van der Waals surface area contributed by atoms with Gasteiger partial charge in [-0.25, -0.2) is 4.79 Å². The van der Waals surface area contributed by atoms with Crippen LogP contribution < -0.4 is 15.5 Å². The first-order valence-corrected chi connectivity index (χ1v) is 10.1. The van der Waals surface area contributed by atoms with E-state index in [9.17, 15) is 19.2 Å². The summed E-state index contributed by atoms with van der Waals surface area (Å²) in [7, 11) is 1.62. The second kappa shape index (κ2) is 10.7. The summed E-state index contributed by atoms with van der Waals surface area (Å²) < 4.78 is 5.14. The molecule has 0 spiro atoms. The van der Waals surface area contributed by atoms with Crippen LogP contribution in [0.3, 0.4) is 0 Å². The molecule has 0 atom stereocenters. The van der Waals surface area contributed by atoms with Crippen molar-refractivity contribution in [2.75, 3.05) is 29.2 Å². The summed E-state index contributed by atoms with van der Waals surface area (Å²) in [5.41, 5.74) is 1.98. The number of hydrogen-bond acceptors (Lipinski definition) is 5. The van der Waals surface area contributed by atoms with Gasteiger partial charge in [0.05, 0.1) is 11.1 Å². The van der Waals surface area contributed by atoms with Crippen LogP contribution in [0.5, 0.6) is 0 Å². The van der Waals surface area contributed by atoms with Crippen LogP contribution >= 0.6 is 0 Å². The van der Waals surface area contributed by atoms with E-state index in [1.165, 1.54) is 24.0 Å². The van der Waals surface area contributed by atoms with Gasteiger partial charge in [0.25, 0.3) is 11.8 Å². The second-order valence-electron chi connectivity index (χ2n) is 7.13. The summed E-state index contributed by atoms with van der Waals surface area (Å²) in [5, 5.41) is 5.23. The highest BCUT2D eigenvalue weighted by Gasteiger charge is 2.22. The Labute approximate surface area is 191 Å². The number of hydrogen-bond donors (Lipinski definition) is 2. The molecule has 0 saturated heterocycles. The van der Waals surface area contributed by atoms with Gasteiger partial charge in [0.2, 0.25) is 5.91 Å². The van der Waals surface area contributed by atoms with Gasteiger partial charge in [0, 0.05) is 31.0 Å². The second-order valence-corrected chi connectivity index (χ2v) is 7.13. The van der Waals surface area contributed by atoms with E-state index in [4.69, 9.17) is 4.74 Å². The Kier molecular flexibility index (Phi) is 7.54. The summed E-state index contributed by atoms with van der Waals surface area (Å²) in [5.74, 6) is -1.90. The van der Waals surface area contributed by atoms with Crippen molar-refractivity contribution in [3.05, 3.63) is 90.0 Å². The van der Waals surface area contributed by atoms with E-state index in [-0.39, 0.29) is 22.9 Å². The average Bonchev–Trinajstić information content (AvgIpc) is 2.83. The molecule has 0 aliphatic heterocycles. The van der Waals surface area contributed by atoms with Crippen molar-refractivity contribution in [2.45, 2.75) is 6.92 Å². The zero-order valence-electron chi connectivity index (χ0n) is 18.2. The van der Waals surface area contributed by atoms with Crippen LogP contribution in [-0.4, -0.2) is 37.3 Å². The molecule has 8 heteroatoms. The van der Waals surface area contributed by atoms with Gasteiger partial charge in [-0.15, -0.1) is 0 Å². The molecule has 2 N–H and O–H groups in total. The van der Waals surface area contributed by atoms with Crippen molar-refractivity contribution in [2.24, 2.45) is 0 Å². The van der Waals surface area contributed by atoms with Crippen LogP contribution in [0.15, 0.2) is 78.9 Å². The van der Waals surface area contributed by atoms with E-state index in [1.54, 1.807) is 55.6 Å². The topological polar surface area (TPSA) is 105 Å². The van der Waals surface area contributed by atoms with Crippen molar-refractivity contribution in [1.82, 2.24) is 0 Å². The number of rotatable bonds is 7. The van der Waals surface area contributed by atoms with E-state index >= 15 is 0 Å². The van der Waals surface area contributed by atoms with Crippen LogP contribution in [0.1, 0.15) is 27.6 Å². The number of esters is 1. The maximum absolute atomic E-state index is 13.0. The van der Waals surface area contributed by atoms with E-state index < -0.39 is 18.5 Å². The van der Waals surface area contributed by atoms with Crippen LogP contribution in [0.4, 0.5) is 17.1 Å². The molecule has 0 fully saturated rings. The summed E-state index contributed by atoms with van der Waals surface area (Å²) in [6, 6.07) is 21.8. The molecular weight excluding hydrogens is 422 g/mol. The average molecular weight is 445 g/mol. The molecule has 0 aliphatic rings. The highest BCUT2D eigenvalue weighted by Crippen LogP contribution is 2.18. The normalized spacial score (nSPS) is 10.1. The summed E-state index contributed by atoms with van der Waals surface area (Å²) in [6.45, 7) is 0.874. The van der Waals surface area contributed by atoms with Gasteiger partial charge in [-0.3, -0.25) is 14.4 Å². The Morgan fingerprint density at radius 1 is 0.758 bits per heavy atom. The van der Waals surface area contributed by atoms with Gasteiger partial charge in [-0.2, -0.15) is 0 Å². The van der Waals surface area contributed by atoms with Crippen molar-refractivity contribution in [3.8, 4) is 0 Å². The summed E-state index contributed by atoms with van der Waals surface area (Å²) in [6.07, 6.45) is 0. The lowest BCUT2D eigenvalue weighted by Gasteiger charge is -2.18. The zero-order valence-corrected chi connectivity index (χ0v) is 18.2. The quantitative estimate of drug-likeness (QED) is 0.540. The number of benzene rings is 3. The van der Waals surface area contributed by atoms with E-state index in [0.29, 0.717) is 17.1 Å². The molecule has 0 radical (unpaired) electrons.